The van der Waals surface area contributed by atoms with E-state index < -0.39 is 12.1 Å². The van der Waals surface area contributed by atoms with E-state index in [9.17, 15) is 9.59 Å². The molecular weight excluding hydrogens is 234 g/mol. The summed E-state index contributed by atoms with van der Waals surface area (Å²) in [5.74, 6) is -1.20. The van der Waals surface area contributed by atoms with Crippen molar-refractivity contribution < 1.29 is 19.4 Å². The molecule has 0 bridgehead atoms. The van der Waals surface area contributed by atoms with Gasteiger partial charge in [0, 0.05) is 6.54 Å². The number of carboxylic acid groups (broad SMARTS) is 1. The normalized spacial score (nSPS) is 17.9. The van der Waals surface area contributed by atoms with Crippen LogP contribution in [0, 0.1) is 0 Å². The Balaban J connectivity index is 2.01. The molecule has 0 radical (unpaired) electrons. The molecule has 0 saturated carbocycles. The van der Waals surface area contributed by atoms with E-state index in [0.717, 1.165) is 17.5 Å². The van der Waals surface area contributed by atoms with E-state index in [-0.39, 0.29) is 18.9 Å². The summed E-state index contributed by atoms with van der Waals surface area (Å²) in [6.45, 7) is 0.629. The molecule has 1 unspecified atom stereocenters. The van der Waals surface area contributed by atoms with Gasteiger partial charge in [0.2, 0.25) is 0 Å². The SMILES string of the molecule is O=C(O)CCNC(=O)C1OCCc2ccccc21. The summed E-state index contributed by atoms with van der Waals surface area (Å²) >= 11 is 0. The maximum atomic E-state index is 11.9. The Labute approximate surface area is 105 Å². The number of hydrogen-bond acceptors (Lipinski definition) is 3. The third kappa shape index (κ3) is 2.87. The maximum absolute atomic E-state index is 11.9. The summed E-state index contributed by atoms with van der Waals surface area (Å²) in [6, 6.07) is 7.65. The first-order chi connectivity index (χ1) is 8.68. The molecule has 1 amide bonds. The Morgan fingerprint density at radius 1 is 1.39 bits per heavy atom. The molecule has 5 nitrogen and oxygen atoms in total. The lowest BCUT2D eigenvalue weighted by atomic mass is 9.97. The third-order valence-corrected chi connectivity index (χ3v) is 2.87. The minimum absolute atomic E-state index is 0.0832. The Bertz CT molecular complexity index is 458. The number of benzene rings is 1. The number of fused-ring (bicyclic) bond motifs is 1. The zero-order valence-corrected chi connectivity index (χ0v) is 9.89. The largest absolute Gasteiger partial charge is 0.481 e. The number of rotatable bonds is 4. The molecule has 2 rings (SSSR count). The highest BCUT2D eigenvalue weighted by molar-refractivity contribution is 5.83. The molecule has 1 aliphatic heterocycles. The van der Waals surface area contributed by atoms with E-state index in [1.54, 1.807) is 0 Å². The third-order valence-electron chi connectivity index (χ3n) is 2.87. The summed E-state index contributed by atoms with van der Waals surface area (Å²) in [4.78, 5) is 22.3. The standard InChI is InChI=1S/C13H15NO4/c15-11(16)5-7-14-13(17)12-10-4-2-1-3-9(10)6-8-18-12/h1-4,12H,5-8H2,(H,14,17)(H,15,16). The van der Waals surface area contributed by atoms with Gasteiger partial charge >= 0.3 is 5.97 Å². The number of nitrogens with one attached hydrogen (secondary N) is 1. The Hall–Kier alpha value is -1.88. The van der Waals surface area contributed by atoms with Gasteiger partial charge in [-0.3, -0.25) is 9.59 Å². The van der Waals surface area contributed by atoms with E-state index >= 15 is 0 Å². The van der Waals surface area contributed by atoms with Crippen LogP contribution >= 0.6 is 0 Å². The fourth-order valence-electron chi connectivity index (χ4n) is 2.00. The van der Waals surface area contributed by atoms with E-state index in [0.29, 0.717) is 6.61 Å². The monoisotopic (exact) mass is 249 g/mol. The van der Waals surface area contributed by atoms with E-state index in [4.69, 9.17) is 9.84 Å². The molecule has 2 N–H and O–H groups in total. The van der Waals surface area contributed by atoms with E-state index in [2.05, 4.69) is 5.32 Å². The average molecular weight is 249 g/mol. The lowest BCUT2D eigenvalue weighted by Gasteiger charge is -2.25. The van der Waals surface area contributed by atoms with Crippen LogP contribution in [0.15, 0.2) is 24.3 Å². The van der Waals surface area contributed by atoms with Crippen molar-refractivity contribution in [3.05, 3.63) is 35.4 Å². The molecule has 0 fully saturated rings. The number of carbonyl (C=O) groups is 2. The second-order valence-electron chi connectivity index (χ2n) is 4.13. The topological polar surface area (TPSA) is 75.6 Å². The number of carboxylic acids is 1. The van der Waals surface area contributed by atoms with Gasteiger partial charge in [0.15, 0.2) is 6.10 Å². The smallest absolute Gasteiger partial charge is 0.305 e. The van der Waals surface area contributed by atoms with Gasteiger partial charge in [0.25, 0.3) is 5.91 Å². The van der Waals surface area contributed by atoms with E-state index in [1.807, 2.05) is 24.3 Å². The molecule has 1 aromatic rings. The first-order valence-corrected chi connectivity index (χ1v) is 5.87. The van der Waals surface area contributed by atoms with Crippen LogP contribution in [0.5, 0.6) is 0 Å². The van der Waals surface area contributed by atoms with Crippen LogP contribution in [0.1, 0.15) is 23.7 Å². The van der Waals surface area contributed by atoms with Crippen LogP contribution in [-0.4, -0.2) is 30.1 Å². The Kier molecular flexibility index (Phi) is 3.94. The Morgan fingerprint density at radius 3 is 2.94 bits per heavy atom. The van der Waals surface area contributed by atoms with Gasteiger partial charge in [0.05, 0.1) is 13.0 Å². The second-order valence-corrected chi connectivity index (χ2v) is 4.13. The van der Waals surface area contributed by atoms with Crippen molar-refractivity contribution in [1.82, 2.24) is 5.32 Å². The van der Waals surface area contributed by atoms with Gasteiger partial charge in [-0.05, 0) is 17.5 Å². The maximum Gasteiger partial charge on any atom is 0.305 e. The van der Waals surface area contributed by atoms with Crippen molar-refractivity contribution >= 4 is 11.9 Å². The highest BCUT2D eigenvalue weighted by Crippen LogP contribution is 2.26. The predicted molar refractivity (Wildman–Crippen MR) is 64.1 cm³/mol. The highest BCUT2D eigenvalue weighted by atomic mass is 16.5. The van der Waals surface area contributed by atoms with Crippen LogP contribution < -0.4 is 5.32 Å². The zero-order chi connectivity index (χ0) is 13.0. The van der Waals surface area contributed by atoms with Crippen molar-refractivity contribution in [3.63, 3.8) is 0 Å². The molecule has 1 atom stereocenters. The molecule has 5 heteroatoms. The van der Waals surface area contributed by atoms with Gasteiger partial charge in [-0.25, -0.2) is 0 Å². The summed E-state index contributed by atoms with van der Waals surface area (Å²) in [6.07, 6.45) is 0.0959. The molecule has 96 valence electrons. The number of aliphatic carboxylic acids is 1. The molecule has 0 saturated heterocycles. The highest BCUT2D eigenvalue weighted by Gasteiger charge is 2.26. The average Bonchev–Trinajstić information content (AvgIpc) is 2.37. The fraction of sp³-hybridized carbons (Fsp3) is 0.385. The lowest BCUT2D eigenvalue weighted by Crippen LogP contribution is -2.34. The van der Waals surface area contributed by atoms with Gasteiger partial charge in [0.1, 0.15) is 0 Å². The van der Waals surface area contributed by atoms with Crippen molar-refractivity contribution in [1.29, 1.82) is 0 Å². The first-order valence-electron chi connectivity index (χ1n) is 5.87. The summed E-state index contributed by atoms with van der Waals surface area (Å²) in [5.41, 5.74) is 1.98. The predicted octanol–water partition coefficient (Wildman–Crippen LogP) is 0.891. The summed E-state index contributed by atoms with van der Waals surface area (Å²) in [5, 5.41) is 11.1. The van der Waals surface area contributed by atoms with Crippen molar-refractivity contribution in [2.45, 2.75) is 18.9 Å². The van der Waals surface area contributed by atoms with Gasteiger partial charge in [-0.1, -0.05) is 24.3 Å². The number of amides is 1. The van der Waals surface area contributed by atoms with Crippen molar-refractivity contribution in [2.24, 2.45) is 0 Å². The molecular formula is C13H15NO4. The molecule has 1 aliphatic rings. The van der Waals surface area contributed by atoms with Crippen molar-refractivity contribution in [2.75, 3.05) is 13.2 Å². The summed E-state index contributed by atoms with van der Waals surface area (Å²) < 4.78 is 5.46. The number of hydrogen-bond donors (Lipinski definition) is 2. The number of carbonyl (C=O) groups excluding carboxylic acids is 1. The van der Waals surface area contributed by atoms with Crippen LogP contribution in [0.4, 0.5) is 0 Å². The lowest BCUT2D eigenvalue weighted by molar-refractivity contribution is -0.137. The molecule has 0 aliphatic carbocycles. The van der Waals surface area contributed by atoms with Crippen molar-refractivity contribution in [3.8, 4) is 0 Å². The quantitative estimate of drug-likeness (QED) is 0.831. The first kappa shape index (κ1) is 12.6. The number of ether oxygens (including phenoxy) is 1. The minimum atomic E-state index is -0.930. The van der Waals surface area contributed by atoms with Crippen LogP contribution in [-0.2, 0) is 20.7 Å². The second kappa shape index (κ2) is 5.64. The van der Waals surface area contributed by atoms with Gasteiger partial charge in [-0.15, -0.1) is 0 Å². The molecule has 1 aromatic carbocycles. The Morgan fingerprint density at radius 2 is 2.17 bits per heavy atom. The van der Waals surface area contributed by atoms with Gasteiger partial charge < -0.3 is 15.2 Å². The minimum Gasteiger partial charge on any atom is -0.481 e. The van der Waals surface area contributed by atoms with Crippen LogP contribution in [0.2, 0.25) is 0 Å². The zero-order valence-electron chi connectivity index (χ0n) is 9.89. The van der Waals surface area contributed by atoms with Crippen LogP contribution in [0.25, 0.3) is 0 Å². The van der Waals surface area contributed by atoms with Gasteiger partial charge in [-0.2, -0.15) is 0 Å². The fourth-order valence-corrected chi connectivity index (χ4v) is 2.00. The molecule has 1 heterocycles. The molecule has 18 heavy (non-hydrogen) atoms. The molecule has 0 spiro atoms. The van der Waals surface area contributed by atoms with Crippen LogP contribution in [0.3, 0.4) is 0 Å². The summed E-state index contributed by atoms with van der Waals surface area (Å²) in [7, 11) is 0. The molecule has 0 aromatic heterocycles. The van der Waals surface area contributed by atoms with E-state index in [1.165, 1.54) is 0 Å².